The highest BCUT2D eigenvalue weighted by atomic mass is 15.0. The maximum Gasteiger partial charge on any atom is 0.00750 e. The fourth-order valence-corrected chi connectivity index (χ4v) is 2.32. The lowest BCUT2D eigenvalue weighted by molar-refractivity contribution is 0.224. The molecule has 0 bridgehead atoms. The summed E-state index contributed by atoms with van der Waals surface area (Å²) >= 11 is 0. The number of rotatable bonds is 0. The molecule has 0 aromatic carbocycles. The van der Waals surface area contributed by atoms with Crippen LogP contribution in [0, 0.1) is 11.3 Å². The third-order valence-corrected chi connectivity index (χ3v) is 2.87. The summed E-state index contributed by atoms with van der Waals surface area (Å²) < 4.78 is 0. The second kappa shape index (κ2) is 2.78. The van der Waals surface area contributed by atoms with Crippen molar-refractivity contribution >= 4 is 0 Å². The highest BCUT2D eigenvalue weighted by Gasteiger charge is 2.35. The first-order chi connectivity index (χ1) is 4.91. The van der Waals surface area contributed by atoms with Gasteiger partial charge < -0.3 is 5.32 Å². The second-order valence-corrected chi connectivity index (χ2v) is 5.06. The summed E-state index contributed by atoms with van der Waals surface area (Å²) in [7, 11) is 0. The molecule has 1 fully saturated rings. The van der Waals surface area contributed by atoms with Crippen molar-refractivity contribution in [1.82, 2.24) is 5.32 Å². The molecule has 0 saturated carbocycles. The van der Waals surface area contributed by atoms with Crippen molar-refractivity contribution in [1.29, 1.82) is 0 Å². The first-order valence-corrected chi connectivity index (χ1v) is 4.67. The summed E-state index contributed by atoms with van der Waals surface area (Å²) in [6, 6.07) is 1.42. The van der Waals surface area contributed by atoms with E-state index in [-0.39, 0.29) is 0 Å². The Hall–Kier alpha value is -0.0400. The van der Waals surface area contributed by atoms with Crippen LogP contribution in [-0.4, -0.2) is 12.1 Å². The minimum Gasteiger partial charge on any atom is -0.311 e. The second-order valence-electron chi connectivity index (χ2n) is 5.06. The van der Waals surface area contributed by atoms with Crippen LogP contribution in [-0.2, 0) is 0 Å². The van der Waals surface area contributed by atoms with Crippen LogP contribution >= 0.6 is 0 Å². The van der Waals surface area contributed by atoms with Crippen molar-refractivity contribution in [3.63, 3.8) is 0 Å². The predicted molar refractivity (Wildman–Crippen MR) is 49.6 cm³/mol. The van der Waals surface area contributed by atoms with Crippen molar-refractivity contribution in [2.24, 2.45) is 11.3 Å². The van der Waals surface area contributed by atoms with Crippen LogP contribution in [0.5, 0.6) is 0 Å². The molecule has 0 spiro atoms. The van der Waals surface area contributed by atoms with Crippen LogP contribution in [0.3, 0.4) is 0 Å². The largest absolute Gasteiger partial charge is 0.311 e. The molecule has 1 N–H and O–H groups in total. The zero-order chi connectivity index (χ0) is 8.65. The van der Waals surface area contributed by atoms with E-state index in [1.807, 2.05) is 0 Å². The fourth-order valence-electron chi connectivity index (χ4n) is 2.32. The van der Waals surface area contributed by atoms with Gasteiger partial charge in [0.1, 0.15) is 0 Å². The number of hydrogen-bond acceptors (Lipinski definition) is 1. The molecular formula is C10H21N. The van der Waals surface area contributed by atoms with Crippen LogP contribution in [0.2, 0.25) is 0 Å². The third-order valence-electron chi connectivity index (χ3n) is 2.87. The summed E-state index contributed by atoms with van der Waals surface area (Å²) in [5.74, 6) is 0.845. The fraction of sp³-hybridized carbons (Fsp3) is 1.00. The molecule has 3 atom stereocenters. The van der Waals surface area contributed by atoms with E-state index in [0.717, 1.165) is 5.92 Å². The molecule has 66 valence electrons. The van der Waals surface area contributed by atoms with Crippen molar-refractivity contribution in [3.8, 4) is 0 Å². The normalized spacial score (nSPS) is 39.5. The first-order valence-electron chi connectivity index (χ1n) is 4.67. The van der Waals surface area contributed by atoms with Gasteiger partial charge in [-0.1, -0.05) is 20.8 Å². The third kappa shape index (κ3) is 1.96. The van der Waals surface area contributed by atoms with Gasteiger partial charge in [0.05, 0.1) is 0 Å². The highest BCUT2D eigenvalue weighted by Crippen LogP contribution is 2.36. The Kier molecular flexibility index (Phi) is 2.29. The van der Waals surface area contributed by atoms with E-state index in [1.54, 1.807) is 0 Å². The number of hydrogen-bond donors (Lipinski definition) is 1. The maximum absolute atomic E-state index is 3.57. The van der Waals surface area contributed by atoms with Crippen LogP contribution in [0.25, 0.3) is 0 Å². The van der Waals surface area contributed by atoms with Crippen LogP contribution in [0.15, 0.2) is 0 Å². The Morgan fingerprint density at radius 1 is 1.18 bits per heavy atom. The Balaban J connectivity index is 2.60. The molecule has 0 aliphatic carbocycles. The molecular weight excluding hydrogens is 134 g/mol. The van der Waals surface area contributed by atoms with Gasteiger partial charge in [0.2, 0.25) is 0 Å². The van der Waals surface area contributed by atoms with E-state index in [1.165, 1.54) is 6.42 Å². The average molecular weight is 155 g/mol. The van der Waals surface area contributed by atoms with Crippen LogP contribution in [0.4, 0.5) is 0 Å². The summed E-state index contributed by atoms with van der Waals surface area (Å²) in [4.78, 5) is 0. The van der Waals surface area contributed by atoms with Crippen molar-refractivity contribution in [2.75, 3.05) is 0 Å². The van der Waals surface area contributed by atoms with Crippen molar-refractivity contribution in [2.45, 2.75) is 53.1 Å². The van der Waals surface area contributed by atoms with Crippen LogP contribution < -0.4 is 5.32 Å². The standard InChI is InChI=1S/C10H21N/c1-7-6-9(8(2)11-7)10(3,4)5/h7-9,11H,6H2,1-5H3. The van der Waals surface area contributed by atoms with Gasteiger partial charge in [0.25, 0.3) is 0 Å². The lowest BCUT2D eigenvalue weighted by Gasteiger charge is -2.29. The van der Waals surface area contributed by atoms with Gasteiger partial charge in [-0.3, -0.25) is 0 Å². The molecule has 0 aromatic rings. The van der Waals surface area contributed by atoms with E-state index >= 15 is 0 Å². The van der Waals surface area contributed by atoms with Crippen molar-refractivity contribution in [3.05, 3.63) is 0 Å². The highest BCUT2D eigenvalue weighted by molar-refractivity contribution is 4.91. The van der Waals surface area contributed by atoms with E-state index in [9.17, 15) is 0 Å². The molecule has 0 aromatic heterocycles. The minimum atomic E-state index is 0.469. The molecule has 1 saturated heterocycles. The first kappa shape index (κ1) is 9.05. The average Bonchev–Trinajstić information content (AvgIpc) is 2.08. The Labute approximate surface area is 70.6 Å². The summed E-state index contributed by atoms with van der Waals surface area (Å²) in [5.41, 5.74) is 0.469. The summed E-state index contributed by atoms with van der Waals surface area (Å²) in [6.45, 7) is 11.6. The topological polar surface area (TPSA) is 12.0 Å². The molecule has 1 aliphatic rings. The van der Waals surface area contributed by atoms with Crippen molar-refractivity contribution < 1.29 is 0 Å². The Morgan fingerprint density at radius 2 is 1.73 bits per heavy atom. The van der Waals surface area contributed by atoms with E-state index in [0.29, 0.717) is 17.5 Å². The molecule has 3 unspecified atom stereocenters. The van der Waals surface area contributed by atoms with E-state index < -0.39 is 0 Å². The zero-order valence-electron chi connectivity index (χ0n) is 8.44. The van der Waals surface area contributed by atoms with E-state index in [4.69, 9.17) is 0 Å². The summed E-state index contributed by atoms with van der Waals surface area (Å²) in [6.07, 6.45) is 1.34. The number of nitrogens with one attached hydrogen (secondary N) is 1. The van der Waals surface area contributed by atoms with Gasteiger partial charge >= 0.3 is 0 Å². The van der Waals surface area contributed by atoms with Gasteiger partial charge in [-0.25, -0.2) is 0 Å². The molecule has 1 rings (SSSR count). The van der Waals surface area contributed by atoms with Gasteiger partial charge in [0.15, 0.2) is 0 Å². The Morgan fingerprint density at radius 3 is 1.91 bits per heavy atom. The lowest BCUT2D eigenvalue weighted by atomic mass is 9.76. The Bertz CT molecular complexity index is 134. The zero-order valence-corrected chi connectivity index (χ0v) is 8.44. The molecule has 0 amide bonds. The molecule has 11 heavy (non-hydrogen) atoms. The SMILES string of the molecule is CC1CC(C(C)(C)C)C(C)N1. The molecule has 1 aliphatic heterocycles. The van der Waals surface area contributed by atoms with E-state index in [2.05, 4.69) is 39.9 Å². The monoisotopic (exact) mass is 155 g/mol. The predicted octanol–water partition coefficient (Wildman–Crippen LogP) is 2.42. The van der Waals surface area contributed by atoms with Gasteiger partial charge in [0, 0.05) is 12.1 Å². The van der Waals surface area contributed by atoms with Gasteiger partial charge in [-0.15, -0.1) is 0 Å². The van der Waals surface area contributed by atoms with Gasteiger partial charge in [-0.05, 0) is 31.6 Å². The maximum atomic E-state index is 3.57. The quantitative estimate of drug-likeness (QED) is 0.566. The summed E-state index contributed by atoms with van der Waals surface area (Å²) in [5, 5.41) is 3.57. The molecule has 0 radical (unpaired) electrons. The molecule has 1 heterocycles. The lowest BCUT2D eigenvalue weighted by Crippen LogP contribution is -2.32. The molecule has 1 heteroatoms. The van der Waals surface area contributed by atoms with Gasteiger partial charge in [-0.2, -0.15) is 0 Å². The molecule has 1 nitrogen and oxygen atoms in total. The smallest absolute Gasteiger partial charge is 0.00750 e. The van der Waals surface area contributed by atoms with Crippen LogP contribution in [0.1, 0.15) is 41.0 Å². The minimum absolute atomic E-state index is 0.469.